The Bertz CT molecular complexity index is 386. The molecule has 0 radical (unpaired) electrons. The smallest absolute Gasteiger partial charge is 0.0561 e. The van der Waals surface area contributed by atoms with Gasteiger partial charge < -0.3 is 10.2 Å². The zero-order chi connectivity index (χ0) is 15.2. The van der Waals surface area contributed by atoms with Crippen LogP contribution in [0.4, 0.5) is 0 Å². The van der Waals surface area contributed by atoms with E-state index in [0.29, 0.717) is 6.04 Å². The van der Waals surface area contributed by atoms with Crippen molar-refractivity contribution in [3.8, 4) is 0 Å². The second kappa shape index (κ2) is 8.30. The number of hydrogen-bond donors (Lipinski definition) is 1. The van der Waals surface area contributed by atoms with Gasteiger partial charge in [-0.3, -0.25) is 0 Å². The molecule has 0 saturated heterocycles. The molecule has 1 N–H and O–H groups in total. The average Bonchev–Trinajstić information content (AvgIpc) is 2.92. The van der Waals surface area contributed by atoms with Gasteiger partial charge in [0.2, 0.25) is 0 Å². The van der Waals surface area contributed by atoms with Crippen molar-refractivity contribution in [2.24, 2.45) is 11.8 Å². The Morgan fingerprint density at radius 3 is 2.76 bits per heavy atom. The van der Waals surface area contributed by atoms with Crippen LogP contribution in [0.25, 0.3) is 0 Å². The zero-order valence-corrected chi connectivity index (χ0v) is 15.0. The first-order chi connectivity index (χ1) is 10.1. The molecule has 3 atom stereocenters. The molecule has 1 heterocycles. The monoisotopic (exact) mass is 308 g/mol. The summed E-state index contributed by atoms with van der Waals surface area (Å²) in [6.07, 6.45) is 6.99. The summed E-state index contributed by atoms with van der Waals surface area (Å²) in [5, 5.41) is 6.05. The Morgan fingerprint density at radius 1 is 1.33 bits per heavy atom. The van der Waals surface area contributed by atoms with Crippen LogP contribution < -0.4 is 5.32 Å². The standard InChI is InChI=1S/C18H32N2S/c1-14(2)11-15-7-5-8-16(12-15)19-13-17(20(3)4)18-9-6-10-21-18/h6,9-10,14-17,19H,5,7-8,11-13H2,1-4H3. The lowest BCUT2D eigenvalue weighted by atomic mass is 9.81. The van der Waals surface area contributed by atoms with Crippen molar-refractivity contribution < 1.29 is 0 Å². The first-order valence-corrected chi connectivity index (χ1v) is 9.37. The molecule has 1 aromatic heterocycles. The average molecular weight is 309 g/mol. The van der Waals surface area contributed by atoms with Gasteiger partial charge in [0.05, 0.1) is 6.04 Å². The van der Waals surface area contributed by atoms with Crippen molar-refractivity contribution in [2.45, 2.75) is 58.0 Å². The summed E-state index contributed by atoms with van der Waals surface area (Å²) in [4.78, 5) is 3.81. The van der Waals surface area contributed by atoms with Gasteiger partial charge in [-0.05, 0) is 56.6 Å². The molecule has 3 heteroatoms. The van der Waals surface area contributed by atoms with Gasteiger partial charge in [-0.25, -0.2) is 0 Å². The summed E-state index contributed by atoms with van der Waals surface area (Å²) in [7, 11) is 4.38. The van der Waals surface area contributed by atoms with Gasteiger partial charge in [0.25, 0.3) is 0 Å². The SMILES string of the molecule is CC(C)CC1CCCC(NCC(c2cccs2)N(C)C)C1. The molecule has 0 bridgehead atoms. The molecule has 0 aliphatic heterocycles. The summed E-state index contributed by atoms with van der Waals surface area (Å²) in [6.45, 7) is 5.79. The highest BCUT2D eigenvalue weighted by molar-refractivity contribution is 7.10. The van der Waals surface area contributed by atoms with E-state index in [2.05, 4.69) is 55.7 Å². The Morgan fingerprint density at radius 2 is 2.14 bits per heavy atom. The van der Waals surface area contributed by atoms with E-state index >= 15 is 0 Å². The maximum Gasteiger partial charge on any atom is 0.0561 e. The van der Waals surface area contributed by atoms with Gasteiger partial charge in [-0.2, -0.15) is 0 Å². The summed E-state index contributed by atoms with van der Waals surface area (Å²) in [5.41, 5.74) is 0. The maximum absolute atomic E-state index is 3.86. The fourth-order valence-corrected chi connectivity index (χ4v) is 4.58. The van der Waals surface area contributed by atoms with Gasteiger partial charge in [-0.1, -0.05) is 32.8 Å². The molecular formula is C18H32N2S. The predicted octanol–water partition coefficient (Wildman–Crippen LogP) is 4.55. The van der Waals surface area contributed by atoms with Gasteiger partial charge in [0.1, 0.15) is 0 Å². The summed E-state index contributed by atoms with van der Waals surface area (Å²) < 4.78 is 0. The molecule has 1 fully saturated rings. The molecule has 2 rings (SSSR count). The highest BCUT2D eigenvalue weighted by Crippen LogP contribution is 2.30. The molecular weight excluding hydrogens is 276 g/mol. The molecule has 0 spiro atoms. The molecule has 0 amide bonds. The van der Waals surface area contributed by atoms with E-state index in [-0.39, 0.29) is 0 Å². The second-order valence-corrected chi connectivity index (χ2v) is 8.24. The van der Waals surface area contributed by atoms with Gasteiger partial charge >= 0.3 is 0 Å². The Kier molecular flexibility index (Phi) is 6.72. The van der Waals surface area contributed by atoms with Crippen LogP contribution in [0, 0.1) is 11.8 Å². The molecule has 21 heavy (non-hydrogen) atoms. The molecule has 1 aliphatic rings. The normalized spacial score (nSPS) is 24.7. The molecule has 1 aliphatic carbocycles. The first kappa shape index (κ1) is 17.0. The second-order valence-electron chi connectivity index (χ2n) is 7.26. The van der Waals surface area contributed by atoms with Gasteiger partial charge in [0, 0.05) is 17.5 Å². The van der Waals surface area contributed by atoms with Crippen LogP contribution in [0.15, 0.2) is 17.5 Å². The predicted molar refractivity (Wildman–Crippen MR) is 94.0 cm³/mol. The van der Waals surface area contributed by atoms with Crippen molar-refractivity contribution in [1.29, 1.82) is 0 Å². The zero-order valence-electron chi connectivity index (χ0n) is 14.1. The van der Waals surface area contributed by atoms with Crippen molar-refractivity contribution in [3.63, 3.8) is 0 Å². The lowest BCUT2D eigenvalue weighted by Gasteiger charge is -2.33. The highest BCUT2D eigenvalue weighted by atomic mass is 32.1. The minimum Gasteiger partial charge on any atom is -0.312 e. The first-order valence-electron chi connectivity index (χ1n) is 8.49. The number of thiophene rings is 1. The Hall–Kier alpha value is -0.380. The highest BCUT2D eigenvalue weighted by Gasteiger charge is 2.24. The van der Waals surface area contributed by atoms with Crippen LogP contribution >= 0.6 is 11.3 Å². The summed E-state index contributed by atoms with van der Waals surface area (Å²) >= 11 is 1.87. The van der Waals surface area contributed by atoms with Crippen LogP contribution in [0.2, 0.25) is 0 Å². The fourth-order valence-electron chi connectivity index (χ4n) is 3.65. The summed E-state index contributed by atoms with van der Waals surface area (Å²) in [6, 6.07) is 5.66. The van der Waals surface area contributed by atoms with E-state index in [9.17, 15) is 0 Å². The molecule has 2 nitrogen and oxygen atoms in total. The van der Waals surface area contributed by atoms with Crippen LogP contribution in [0.1, 0.15) is 56.9 Å². The molecule has 0 aromatic carbocycles. The maximum atomic E-state index is 3.86. The minimum atomic E-state index is 0.510. The third kappa shape index (κ3) is 5.39. The third-order valence-electron chi connectivity index (χ3n) is 4.68. The number of nitrogens with zero attached hydrogens (tertiary/aromatic N) is 1. The van der Waals surface area contributed by atoms with Gasteiger partial charge in [-0.15, -0.1) is 11.3 Å². The van der Waals surface area contributed by atoms with Crippen molar-refractivity contribution in [1.82, 2.24) is 10.2 Å². The van der Waals surface area contributed by atoms with Crippen LogP contribution in [0.5, 0.6) is 0 Å². The van der Waals surface area contributed by atoms with Crippen LogP contribution in [0.3, 0.4) is 0 Å². The minimum absolute atomic E-state index is 0.510. The fraction of sp³-hybridized carbons (Fsp3) is 0.778. The lowest BCUT2D eigenvalue weighted by molar-refractivity contribution is 0.228. The van der Waals surface area contributed by atoms with E-state index in [1.54, 1.807) is 0 Å². The number of likely N-dealkylation sites (N-methyl/N-ethyl adjacent to an activating group) is 1. The van der Waals surface area contributed by atoms with Crippen LogP contribution in [-0.2, 0) is 0 Å². The molecule has 1 saturated carbocycles. The topological polar surface area (TPSA) is 15.3 Å². The van der Waals surface area contributed by atoms with Crippen molar-refractivity contribution in [2.75, 3.05) is 20.6 Å². The molecule has 1 aromatic rings. The largest absolute Gasteiger partial charge is 0.312 e. The van der Waals surface area contributed by atoms with Crippen molar-refractivity contribution in [3.05, 3.63) is 22.4 Å². The van der Waals surface area contributed by atoms with Crippen LogP contribution in [-0.4, -0.2) is 31.6 Å². The molecule has 120 valence electrons. The number of hydrogen-bond acceptors (Lipinski definition) is 3. The van der Waals surface area contributed by atoms with Gasteiger partial charge in [0.15, 0.2) is 0 Å². The van der Waals surface area contributed by atoms with E-state index in [0.717, 1.165) is 24.4 Å². The molecule has 3 unspecified atom stereocenters. The quantitative estimate of drug-likeness (QED) is 0.795. The van der Waals surface area contributed by atoms with E-state index in [1.165, 1.54) is 37.0 Å². The lowest BCUT2D eigenvalue weighted by Crippen LogP contribution is -2.39. The number of nitrogens with one attached hydrogen (secondary N) is 1. The number of rotatable bonds is 7. The van der Waals surface area contributed by atoms with E-state index in [1.807, 2.05) is 11.3 Å². The van der Waals surface area contributed by atoms with Crippen molar-refractivity contribution >= 4 is 11.3 Å². The van der Waals surface area contributed by atoms with E-state index < -0.39 is 0 Å². The Balaban J connectivity index is 1.83. The Labute approximate surface area is 134 Å². The summed E-state index contributed by atoms with van der Waals surface area (Å²) in [5.74, 6) is 1.78. The third-order valence-corrected chi connectivity index (χ3v) is 5.66. The van der Waals surface area contributed by atoms with E-state index in [4.69, 9.17) is 0 Å².